The molecule has 0 rings (SSSR count). The van der Waals surface area contributed by atoms with Crippen LogP contribution in [0.1, 0.15) is 6.42 Å². The molecule has 0 bridgehead atoms. The number of ether oxygens (including phenoxy) is 1. The van der Waals surface area contributed by atoms with Crippen LogP contribution < -0.4 is 5.73 Å². The highest BCUT2D eigenvalue weighted by Gasteiger charge is 2.12. The van der Waals surface area contributed by atoms with E-state index in [0.29, 0.717) is 12.2 Å². The molecule has 0 aliphatic carbocycles. The molecule has 0 unspecified atom stereocenters. The Morgan fingerprint density at radius 2 is 2.45 bits per heavy atom. The van der Waals surface area contributed by atoms with Crippen molar-refractivity contribution in [2.75, 3.05) is 12.4 Å². The summed E-state index contributed by atoms with van der Waals surface area (Å²) >= 11 is 3.94. The number of nitrogens with two attached hydrogens (primary N) is 1. The number of thiol groups is 1. The first kappa shape index (κ1) is 10.5. The van der Waals surface area contributed by atoms with Gasteiger partial charge in [-0.3, -0.25) is 4.79 Å². The zero-order valence-electron chi connectivity index (χ0n) is 6.32. The number of rotatable bonds is 5. The molecule has 0 amide bonds. The third kappa shape index (κ3) is 4.86. The van der Waals surface area contributed by atoms with Gasteiger partial charge >= 0.3 is 5.97 Å². The van der Waals surface area contributed by atoms with Gasteiger partial charge in [-0.2, -0.15) is 12.6 Å². The molecule has 0 fully saturated rings. The van der Waals surface area contributed by atoms with Gasteiger partial charge in [0.05, 0.1) is 0 Å². The maximum Gasteiger partial charge on any atom is 0.323 e. The van der Waals surface area contributed by atoms with E-state index in [1.165, 1.54) is 6.08 Å². The van der Waals surface area contributed by atoms with Crippen molar-refractivity contribution in [1.29, 1.82) is 0 Å². The molecule has 4 heteroatoms. The van der Waals surface area contributed by atoms with Crippen LogP contribution in [0.3, 0.4) is 0 Å². The van der Waals surface area contributed by atoms with Crippen LogP contribution in [-0.2, 0) is 9.53 Å². The van der Waals surface area contributed by atoms with Gasteiger partial charge < -0.3 is 10.5 Å². The van der Waals surface area contributed by atoms with Crippen LogP contribution in [0, 0.1) is 0 Å². The van der Waals surface area contributed by atoms with Gasteiger partial charge in [0.25, 0.3) is 0 Å². The average molecular weight is 175 g/mol. The second kappa shape index (κ2) is 6.24. The van der Waals surface area contributed by atoms with Gasteiger partial charge in [-0.05, 0) is 12.2 Å². The van der Waals surface area contributed by atoms with Crippen molar-refractivity contribution in [3.05, 3.63) is 12.7 Å². The molecule has 2 N–H and O–H groups in total. The lowest BCUT2D eigenvalue weighted by Crippen LogP contribution is -2.32. The molecule has 0 spiro atoms. The van der Waals surface area contributed by atoms with Crippen molar-refractivity contribution in [1.82, 2.24) is 0 Å². The van der Waals surface area contributed by atoms with Gasteiger partial charge in [0, 0.05) is 0 Å². The van der Waals surface area contributed by atoms with Crippen LogP contribution >= 0.6 is 12.6 Å². The minimum Gasteiger partial charge on any atom is -0.460 e. The largest absolute Gasteiger partial charge is 0.460 e. The Bertz CT molecular complexity index is 138. The van der Waals surface area contributed by atoms with Gasteiger partial charge in [-0.25, -0.2) is 0 Å². The van der Waals surface area contributed by atoms with E-state index in [-0.39, 0.29) is 12.6 Å². The Kier molecular flexibility index (Phi) is 5.97. The van der Waals surface area contributed by atoms with Crippen LogP contribution in [0.4, 0.5) is 0 Å². The van der Waals surface area contributed by atoms with Crippen molar-refractivity contribution in [2.45, 2.75) is 12.5 Å². The first-order valence-electron chi connectivity index (χ1n) is 3.36. The van der Waals surface area contributed by atoms with E-state index in [9.17, 15) is 4.79 Å². The Morgan fingerprint density at radius 1 is 1.82 bits per heavy atom. The maximum atomic E-state index is 10.9. The van der Waals surface area contributed by atoms with E-state index < -0.39 is 6.04 Å². The lowest BCUT2D eigenvalue weighted by Gasteiger charge is -2.07. The molecule has 64 valence electrons. The lowest BCUT2D eigenvalue weighted by atomic mass is 10.2. The molecule has 0 saturated carbocycles. The molecule has 0 aliphatic rings. The van der Waals surface area contributed by atoms with Crippen molar-refractivity contribution in [3.63, 3.8) is 0 Å². The molecule has 3 nitrogen and oxygen atoms in total. The smallest absolute Gasteiger partial charge is 0.323 e. The Balaban J connectivity index is 3.54. The molecule has 0 aromatic rings. The summed E-state index contributed by atoms with van der Waals surface area (Å²) in [5, 5.41) is 0. The molecule has 11 heavy (non-hydrogen) atoms. The predicted molar refractivity (Wildman–Crippen MR) is 47.6 cm³/mol. The monoisotopic (exact) mass is 175 g/mol. The van der Waals surface area contributed by atoms with E-state index in [0.717, 1.165) is 0 Å². The SMILES string of the molecule is C=CCOC(=O)[C@H](N)CCS. The van der Waals surface area contributed by atoms with Gasteiger partial charge in [0.15, 0.2) is 0 Å². The average Bonchev–Trinajstić information content (AvgIpc) is 2.00. The minimum atomic E-state index is -0.549. The van der Waals surface area contributed by atoms with E-state index in [1.54, 1.807) is 0 Å². The Morgan fingerprint density at radius 3 is 2.91 bits per heavy atom. The molecule has 0 aromatic heterocycles. The van der Waals surface area contributed by atoms with Crippen LogP contribution in [0.15, 0.2) is 12.7 Å². The second-order valence-corrected chi connectivity index (χ2v) is 2.48. The van der Waals surface area contributed by atoms with E-state index in [1.807, 2.05) is 0 Å². The quantitative estimate of drug-likeness (QED) is 0.360. The summed E-state index contributed by atoms with van der Waals surface area (Å²) in [5.74, 6) is 0.198. The summed E-state index contributed by atoms with van der Waals surface area (Å²) in [6, 6.07) is -0.549. The van der Waals surface area contributed by atoms with Crippen molar-refractivity contribution in [3.8, 4) is 0 Å². The summed E-state index contributed by atoms with van der Waals surface area (Å²) in [7, 11) is 0. The normalized spacial score (nSPS) is 12.2. The fourth-order valence-corrected chi connectivity index (χ4v) is 0.783. The molecule has 1 atom stereocenters. The van der Waals surface area contributed by atoms with Gasteiger partial charge in [0.2, 0.25) is 0 Å². The molecular formula is C7H13NO2S. The van der Waals surface area contributed by atoms with E-state index in [4.69, 9.17) is 5.73 Å². The van der Waals surface area contributed by atoms with Gasteiger partial charge in [-0.15, -0.1) is 0 Å². The predicted octanol–water partition coefficient (Wildman–Crippen LogP) is 0.363. The molecular weight excluding hydrogens is 162 g/mol. The van der Waals surface area contributed by atoms with Crippen LogP contribution in [0.25, 0.3) is 0 Å². The molecule has 0 heterocycles. The van der Waals surface area contributed by atoms with Crippen molar-refractivity contribution < 1.29 is 9.53 Å². The van der Waals surface area contributed by atoms with Gasteiger partial charge in [0.1, 0.15) is 12.6 Å². The first-order chi connectivity index (χ1) is 5.22. The zero-order valence-corrected chi connectivity index (χ0v) is 7.22. The summed E-state index contributed by atoms with van der Waals surface area (Å²) in [5.41, 5.74) is 5.41. The number of hydrogen-bond donors (Lipinski definition) is 2. The fraction of sp³-hybridized carbons (Fsp3) is 0.571. The summed E-state index contributed by atoms with van der Waals surface area (Å²) in [6.07, 6.45) is 2.05. The van der Waals surface area contributed by atoms with E-state index in [2.05, 4.69) is 23.9 Å². The second-order valence-electron chi connectivity index (χ2n) is 2.04. The Labute approximate surface area is 72.0 Å². The van der Waals surface area contributed by atoms with E-state index >= 15 is 0 Å². The summed E-state index contributed by atoms with van der Waals surface area (Å²) in [4.78, 5) is 10.9. The highest BCUT2D eigenvalue weighted by atomic mass is 32.1. The zero-order chi connectivity index (χ0) is 8.69. The number of hydrogen-bond acceptors (Lipinski definition) is 4. The molecule has 0 aromatic carbocycles. The highest BCUT2D eigenvalue weighted by molar-refractivity contribution is 7.80. The fourth-order valence-electron chi connectivity index (χ4n) is 0.505. The van der Waals surface area contributed by atoms with Crippen LogP contribution in [0.2, 0.25) is 0 Å². The maximum absolute atomic E-state index is 10.9. The molecule has 0 saturated heterocycles. The number of carbonyl (C=O) groups is 1. The number of carbonyl (C=O) groups excluding carboxylic acids is 1. The third-order valence-corrected chi connectivity index (χ3v) is 1.34. The van der Waals surface area contributed by atoms with Crippen LogP contribution in [0.5, 0.6) is 0 Å². The number of esters is 1. The highest BCUT2D eigenvalue weighted by Crippen LogP contribution is 1.93. The topological polar surface area (TPSA) is 52.3 Å². The minimum absolute atomic E-state index is 0.221. The third-order valence-electron chi connectivity index (χ3n) is 1.09. The summed E-state index contributed by atoms with van der Waals surface area (Å²) < 4.78 is 4.69. The van der Waals surface area contributed by atoms with Crippen LogP contribution in [-0.4, -0.2) is 24.4 Å². The van der Waals surface area contributed by atoms with Crippen molar-refractivity contribution >= 4 is 18.6 Å². The first-order valence-corrected chi connectivity index (χ1v) is 3.99. The lowest BCUT2D eigenvalue weighted by molar-refractivity contribution is -0.143. The standard InChI is InChI=1S/C7H13NO2S/c1-2-4-10-7(9)6(8)3-5-11/h2,6,11H,1,3-5,8H2/t6-/m1/s1. The van der Waals surface area contributed by atoms with Gasteiger partial charge in [-0.1, -0.05) is 12.7 Å². The summed E-state index contributed by atoms with van der Waals surface area (Å²) in [6.45, 7) is 3.63. The molecule has 0 radical (unpaired) electrons. The Hall–Kier alpha value is -0.480. The van der Waals surface area contributed by atoms with Crippen molar-refractivity contribution in [2.24, 2.45) is 5.73 Å². The molecule has 0 aliphatic heterocycles.